The van der Waals surface area contributed by atoms with Crippen LogP contribution in [0.2, 0.25) is 0 Å². The molecule has 0 atom stereocenters. The summed E-state index contributed by atoms with van der Waals surface area (Å²) in [4.78, 5) is 14.1. The summed E-state index contributed by atoms with van der Waals surface area (Å²) in [7, 11) is 0. The number of carbonyl (C=O) groups is 1. The maximum atomic E-state index is 12.2. The SMILES string of the molecule is O=C(Nc1cccs1)N1CCC(c2nnc(-c3ccsc3)o2)CC1. The van der Waals surface area contributed by atoms with E-state index >= 15 is 0 Å². The predicted octanol–water partition coefficient (Wildman–Crippen LogP) is 4.27. The van der Waals surface area contributed by atoms with Gasteiger partial charge in [0.2, 0.25) is 11.8 Å². The monoisotopic (exact) mass is 360 g/mol. The zero-order valence-corrected chi connectivity index (χ0v) is 14.5. The van der Waals surface area contributed by atoms with Crippen molar-refractivity contribution in [3.63, 3.8) is 0 Å². The Labute approximate surface area is 147 Å². The van der Waals surface area contributed by atoms with Gasteiger partial charge in [-0.05, 0) is 41.8 Å². The molecule has 4 heterocycles. The lowest BCUT2D eigenvalue weighted by Crippen LogP contribution is -2.40. The van der Waals surface area contributed by atoms with Gasteiger partial charge in [-0.3, -0.25) is 5.32 Å². The molecule has 1 saturated heterocycles. The Morgan fingerprint density at radius 3 is 2.83 bits per heavy atom. The van der Waals surface area contributed by atoms with Crippen molar-refractivity contribution in [2.24, 2.45) is 0 Å². The van der Waals surface area contributed by atoms with E-state index in [2.05, 4.69) is 15.5 Å². The van der Waals surface area contributed by atoms with E-state index in [1.165, 1.54) is 11.3 Å². The topological polar surface area (TPSA) is 71.3 Å². The molecule has 0 bridgehead atoms. The molecule has 6 nitrogen and oxygen atoms in total. The molecule has 2 amide bonds. The van der Waals surface area contributed by atoms with Gasteiger partial charge in [-0.2, -0.15) is 11.3 Å². The van der Waals surface area contributed by atoms with E-state index in [1.54, 1.807) is 11.3 Å². The molecule has 1 aliphatic heterocycles. The minimum atomic E-state index is -0.0413. The number of piperidine rings is 1. The molecule has 4 rings (SSSR count). The summed E-state index contributed by atoms with van der Waals surface area (Å²) >= 11 is 3.13. The van der Waals surface area contributed by atoms with E-state index in [9.17, 15) is 4.79 Å². The van der Waals surface area contributed by atoms with Crippen LogP contribution in [-0.4, -0.2) is 34.2 Å². The zero-order valence-electron chi connectivity index (χ0n) is 12.8. The Hall–Kier alpha value is -2.19. The molecule has 3 aromatic rings. The van der Waals surface area contributed by atoms with Crippen LogP contribution in [0, 0.1) is 0 Å². The van der Waals surface area contributed by atoms with Crippen LogP contribution in [-0.2, 0) is 0 Å². The number of anilines is 1. The molecular formula is C16H16N4O2S2. The van der Waals surface area contributed by atoms with Crippen molar-refractivity contribution >= 4 is 33.7 Å². The molecule has 124 valence electrons. The molecule has 1 fully saturated rings. The summed E-state index contributed by atoms with van der Waals surface area (Å²) in [5.41, 5.74) is 0.964. The maximum absolute atomic E-state index is 12.2. The van der Waals surface area contributed by atoms with Crippen LogP contribution in [0.4, 0.5) is 9.80 Å². The van der Waals surface area contributed by atoms with Crippen molar-refractivity contribution < 1.29 is 9.21 Å². The fourth-order valence-corrected chi connectivity index (χ4v) is 4.00. The minimum absolute atomic E-state index is 0.0413. The van der Waals surface area contributed by atoms with Crippen molar-refractivity contribution in [1.82, 2.24) is 15.1 Å². The number of urea groups is 1. The molecule has 24 heavy (non-hydrogen) atoms. The molecule has 0 saturated carbocycles. The molecule has 1 aliphatic rings. The van der Waals surface area contributed by atoms with E-state index < -0.39 is 0 Å². The summed E-state index contributed by atoms with van der Waals surface area (Å²) in [5.74, 6) is 1.47. The number of amides is 2. The molecule has 1 N–H and O–H groups in total. The zero-order chi connectivity index (χ0) is 16.4. The molecule has 8 heteroatoms. The average Bonchev–Trinajstić information content (AvgIpc) is 3.36. The Morgan fingerprint density at radius 1 is 1.25 bits per heavy atom. The van der Waals surface area contributed by atoms with Crippen LogP contribution in [0.25, 0.3) is 11.5 Å². The first-order chi connectivity index (χ1) is 11.8. The lowest BCUT2D eigenvalue weighted by atomic mass is 9.97. The van der Waals surface area contributed by atoms with Gasteiger partial charge in [-0.15, -0.1) is 21.5 Å². The van der Waals surface area contributed by atoms with Gasteiger partial charge in [0.15, 0.2) is 0 Å². The van der Waals surface area contributed by atoms with Gasteiger partial charge in [0.25, 0.3) is 0 Å². The van der Waals surface area contributed by atoms with Gasteiger partial charge in [-0.1, -0.05) is 0 Å². The van der Waals surface area contributed by atoms with E-state index in [0.717, 1.165) is 23.4 Å². The number of likely N-dealkylation sites (tertiary alicyclic amines) is 1. The Bertz CT molecular complexity index is 790. The second-order valence-corrected chi connectivity index (χ2v) is 7.35. The number of hydrogen-bond donors (Lipinski definition) is 1. The molecule has 0 aromatic carbocycles. The molecular weight excluding hydrogens is 344 g/mol. The second kappa shape index (κ2) is 6.74. The van der Waals surface area contributed by atoms with Crippen molar-refractivity contribution in [1.29, 1.82) is 0 Å². The minimum Gasteiger partial charge on any atom is -0.420 e. The van der Waals surface area contributed by atoms with Crippen LogP contribution in [0.5, 0.6) is 0 Å². The Balaban J connectivity index is 1.35. The molecule has 0 aliphatic carbocycles. The van der Waals surface area contributed by atoms with Gasteiger partial charge in [0, 0.05) is 30.0 Å². The van der Waals surface area contributed by atoms with E-state index in [1.807, 2.05) is 39.2 Å². The summed E-state index contributed by atoms with van der Waals surface area (Å²) in [6.45, 7) is 1.38. The highest BCUT2D eigenvalue weighted by atomic mass is 32.1. The fraction of sp³-hybridized carbons (Fsp3) is 0.312. The van der Waals surface area contributed by atoms with Crippen LogP contribution in [0.15, 0.2) is 38.8 Å². The number of thiophene rings is 2. The van der Waals surface area contributed by atoms with Gasteiger partial charge >= 0.3 is 6.03 Å². The molecule has 3 aromatic heterocycles. The highest BCUT2D eigenvalue weighted by Crippen LogP contribution is 2.30. The number of rotatable bonds is 3. The van der Waals surface area contributed by atoms with Crippen molar-refractivity contribution in [2.75, 3.05) is 18.4 Å². The van der Waals surface area contributed by atoms with Gasteiger partial charge in [0.1, 0.15) is 0 Å². The van der Waals surface area contributed by atoms with Crippen LogP contribution < -0.4 is 5.32 Å². The lowest BCUT2D eigenvalue weighted by molar-refractivity contribution is 0.190. The van der Waals surface area contributed by atoms with Crippen molar-refractivity contribution in [3.8, 4) is 11.5 Å². The van der Waals surface area contributed by atoms with Crippen LogP contribution in [0.1, 0.15) is 24.7 Å². The van der Waals surface area contributed by atoms with E-state index in [-0.39, 0.29) is 11.9 Å². The van der Waals surface area contributed by atoms with Gasteiger partial charge in [0.05, 0.1) is 5.00 Å². The number of carbonyl (C=O) groups excluding carboxylic acids is 1. The normalized spacial score (nSPS) is 15.6. The highest BCUT2D eigenvalue weighted by molar-refractivity contribution is 7.14. The number of nitrogens with one attached hydrogen (secondary N) is 1. The third-order valence-corrected chi connectivity index (χ3v) is 5.56. The van der Waals surface area contributed by atoms with Crippen molar-refractivity contribution in [3.05, 3.63) is 40.2 Å². The molecule has 0 radical (unpaired) electrons. The highest BCUT2D eigenvalue weighted by Gasteiger charge is 2.27. The Kier molecular flexibility index (Phi) is 4.31. The summed E-state index contributed by atoms with van der Waals surface area (Å²) in [6.07, 6.45) is 1.67. The van der Waals surface area contributed by atoms with Crippen LogP contribution >= 0.6 is 22.7 Å². The largest absolute Gasteiger partial charge is 0.420 e. The second-order valence-electron chi connectivity index (χ2n) is 5.63. The van der Waals surface area contributed by atoms with Gasteiger partial charge < -0.3 is 9.32 Å². The first-order valence-corrected chi connectivity index (χ1v) is 9.57. The number of hydrogen-bond acceptors (Lipinski definition) is 6. The number of nitrogens with zero attached hydrogens (tertiary/aromatic N) is 3. The quantitative estimate of drug-likeness (QED) is 0.757. The van der Waals surface area contributed by atoms with Gasteiger partial charge in [-0.25, -0.2) is 4.79 Å². The third kappa shape index (κ3) is 3.20. The van der Waals surface area contributed by atoms with Crippen molar-refractivity contribution in [2.45, 2.75) is 18.8 Å². The third-order valence-electron chi connectivity index (χ3n) is 4.09. The van der Waals surface area contributed by atoms with E-state index in [0.29, 0.717) is 24.9 Å². The molecule has 0 unspecified atom stereocenters. The van der Waals surface area contributed by atoms with Crippen LogP contribution in [0.3, 0.4) is 0 Å². The first kappa shape index (κ1) is 15.3. The summed E-state index contributed by atoms with van der Waals surface area (Å²) in [6, 6.07) is 5.76. The van der Waals surface area contributed by atoms with E-state index in [4.69, 9.17) is 4.42 Å². The summed E-state index contributed by atoms with van der Waals surface area (Å²) in [5, 5.41) is 18.1. The average molecular weight is 360 g/mol. The Morgan fingerprint density at radius 2 is 2.12 bits per heavy atom. The maximum Gasteiger partial charge on any atom is 0.322 e. The standard InChI is InChI=1S/C16H16N4O2S2/c21-16(17-13-2-1-8-24-13)20-6-3-11(4-7-20)14-18-19-15(22-14)12-5-9-23-10-12/h1-2,5,8-11H,3-4,6-7H2,(H,17,21). The fourth-order valence-electron chi connectivity index (χ4n) is 2.77. The lowest BCUT2D eigenvalue weighted by Gasteiger charge is -2.30. The predicted molar refractivity (Wildman–Crippen MR) is 94.5 cm³/mol. The first-order valence-electron chi connectivity index (χ1n) is 7.75. The summed E-state index contributed by atoms with van der Waals surface area (Å²) < 4.78 is 5.82. The molecule has 0 spiro atoms. The number of aromatic nitrogens is 2. The smallest absolute Gasteiger partial charge is 0.322 e.